The van der Waals surface area contributed by atoms with E-state index in [1.807, 2.05) is 37.3 Å². The van der Waals surface area contributed by atoms with Gasteiger partial charge in [0.2, 0.25) is 0 Å². The Kier molecular flexibility index (Phi) is 4.50. The molecule has 2 N–H and O–H groups in total. The van der Waals surface area contributed by atoms with Crippen LogP contribution in [0, 0.1) is 5.41 Å². The van der Waals surface area contributed by atoms with E-state index >= 15 is 0 Å². The maximum atomic E-state index is 11.6. The van der Waals surface area contributed by atoms with E-state index in [0.717, 1.165) is 6.42 Å². The van der Waals surface area contributed by atoms with Crippen LogP contribution in [0.3, 0.4) is 0 Å². The van der Waals surface area contributed by atoms with Crippen molar-refractivity contribution < 1.29 is 9.53 Å². The minimum Gasteiger partial charge on any atom is -0.469 e. The van der Waals surface area contributed by atoms with E-state index in [2.05, 4.69) is 0 Å². The Morgan fingerprint density at radius 3 is 2.50 bits per heavy atom. The first-order valence-corrected chi connectivity index (χ1v) is 5.45. The van der Waals surface area contributed by atoms with Crippen LogP contribution in [0.15, 0.2) is 30.3 Å². The molecule has 16 heavy (non-hydrogen) atoms. The number of aryl methyl sites for hydroxylation is 1. The van der Waals surface area contributed by atoms with Crippen molar-refractivity contribution in [2.75, 3.05) is 13.7 Å². The molecule has 0 aliphatic heterocycles. The van der Waals surface area contributed by atoms with Crippen LogP contribution < -0.4 is 5.73 Å². The maximum Gasteiger partial charge on any atom is 0.312 e. The monoisotopic (exact) mass is 221 g/mol. The summed E-state index contributed by atoms with van der Waals surface area (Å²) < 4.78 is 4.78. The Morgan fingerprint density at radius 1 is 1.38 bits per heavy atom. The predicted molar refractivity (Wildman–Crippen MR) is 63.9 cm³/mol. The SMILES string of the molecule is COC(=O)C(C)(CN)CCc1ccccc1. The smallest absolute Gasteiger partial charge is 0.312 e. The van der Waals surface area contributed by atoms with Crippen LogP contribution in [0.1, 0.15) is 18.9 Å². The molecular formula is C13H19NO2. The number of hydrogen-bond donors (Lipinski definition) is 1. The number of esters is 1. The van der Waals surface area contributed by atoms with E-state index in [-0.39, 0.29) is 5.97 Å². The van der Waals surface area contributed by atoms with Gasteiger partial charge in [0.15, 0.2) is 0 Å². The molecule has 0 aliphatic rings. The summed E-state index contributed by atoms with van der Waals surface area (Å²) >= 11 is 0. The molecule has 88 valence electrons. The summed E-state index contributed by atoms with van der Waals surface area (Å²) in [5.41, 5.74) is 6.28. The number of hydrogen-bond acceptors (Lipinski definition) is 3. The Labute approximate surface area is 96.6 Å². The van der Waals surface area contributed by atoms with Crippen LogP contribution in [0.2, 0.25) is 0 Å². The lowest BCUT2D eigenvalue weighted by Crippen LogP contribution is -2.37. The number of carbonyl (C=O) groups is 1. The van der Waals surface area contributed by atoms with Crippen molar-refractivity contribution in [2.45, 2.75) is 19.8 Å². The largest absolute Gasteiger partial charge is 0.469 e. The standard InChI is InChI=1S/C13H19NO2/c1-13(10-14,12(15)16-2)9-8-11-6-4-3-5-7-11/h3-7H,8-10,14H2,1-2H3. The number of nitrogens with two attached hydrogens (primary N) is 1. The lowest BCUT2D eigenvalue weighted by Gasteiger charge is -2.24. The van der Waals surface area contributed by atoms with E-state index in [0.29, 0.717) is 13.0 Å². The average Bonchev–Trinajstić information content (AvgIpc) is 2.36. The predicted octanol–water partition coefficient (Wildman–Crippen LogP) is 1.76. The average molecular weight is 221 g/mol. The van der Waals surface area contributed by atoms with Gasteiger partial charge in [-0.3, -0.25) is 4.79 Å². The molecule has 0 saturated carbocycles. The summed E-state index contributed by atoms with van der Waals surface area (Å²) in [6.45, 7) is 2.16. The van der Waals surface area contributed by atoms with Crippen LogP contribution in [-0.2, 0) is 16.0 Å². The zero-order valence-corrected chi connectivity index (χ0v) is 9.90. The first-order valence-electron chi connectivity index (χ1n) is 5.45. The Hall–Kier alpha value is -1.35. The summed E-state index contributed by atoms with van der Waals surface area (Å²) in [5, 5.41) is 0. The Balaban J connectivity index is 2.62. The zero-order chi connectivity index (χ0) is 12.0. The highest BCUT2D eigenvalue weighted by Crippen LogP contribution is 2.23. The first-order chi connectivity index (χ1) is 7.62. The van der Waals surface area contributed by atoms with E-state index in [1.165, 1.54) is 12.7 Å². The summed E-state index contributed by atoms with van der Waals surface area (Å²) in [5.74, 6) is -0.231. The molecule has 3 nitrogen and oxygen atoms in total. The van der Waals surface area contributed by atoms with Gasteiger partial charge in [0, 0.05) is 6.54 Å². The molecule has 1 unspecified atom stereocenters. The molecule has 0 amide bonds. The van der Waals surface area contributed by atoms with E-state index in [1.54, 1.807) is 0 Å². The van der Waals surface area contributed by atoms with Crippen molar-refractivity contribution in [3.63, 3.8) is 0 Å². The normalized spacial score (nSPS) is 14.2. The summed E-state index contributed by atoms with van der Waals surface area (Å²) in [6, 6.07) is 10.1. The second kappa shape index (κ2) is 5.66. The minimum absolute atomic E-state index is 0.231. The molecule has 0 aliphatic carbocycles. The molecule has 0 fully saturated rings. The third-order valence-corrected chi connectivity index (χ3v) is 2.94. The van der Waals surface area contributed by atoms with Gasteiger partial charge in [0.05, 0.1) is 12.5 Å². The molecule has 0 spiro atoms. The fraction of sp³-hybridized carbons (Fsp3) is 0.462. The second-order valence-electron chi connectivity index (χ2n) is 4.24. The van der Waals surface area contributed by atoms with E-state index < -0.39 is 5.41 Å². The number of carbonyl (C=O) groups excluding carboxylic acids is 1. The lowest BCUT2D eigenvalue weighted by molar-refractivity contribution is -0.151. The van der Waals surface area contributed by atoms with Crippen molar-refractivity contribution in [1.29, 1.82) is 0 Å². The van der Waals surface area contributed by atoms with Crippen LogP contribution in [-0.4, -0.2) is 19.6 Å². The lowest BCUT2D eigenvalue weighted by atomic mass is 9.84. The molecule has 3 heteroatoms. The van der Waals surface area contributed by atoms with Crippen LogP contribution in [0.5, 0.6) is 0 Å². The minimum atomic E-state index is -0.579. The van der Waals surface area contributed by atoms with Crippen LogP contribution in [0.4, 0.5) is 0 Å². The molecule has 1 rings (SSSR count). The van der Waals surface area contributed by atoms with Crippen LogP contribution in [0.25, 0.3) is 0 Å². The highest BCUT2D eigenvalue weighted by Gasteiger charge is 2.32. The quantitative estimate of drug-likeness (QED) is 0.771. The van der Waals surface area contributed by atoms with Gasteiger partial charge in [-0.25, -0.2) is 0 Å². The molecule has 0 saturated heterocycles. The third-order valence-electron chi connectivity index (χ3n) is 2.94. The van der Waals surface area contributed by atoms with Gasteiger partial charge in [-0.15, -0.1) is 0 Å². The van der Waals surface area contributed by atoms with Gasteiger partial charge < -0.3 is 10.5 Å². The number of ether oxygens (including phenoxy) is 1. The zero-order valence-electron chi connectivity index (χ0n) is 9.90. The number of benzene rings is 1. The van der Waals surface area contributed by atoms with Crippen molar-refractivity contribution in [1.82, 2.24) is 0 Å². The molecule has 1 aromatic carbocycles. The molecule has 0 bridgehead atoms. The molecule has 1 atom stereocenters. The van der Waals surface area contributed by atoms with Gasteiger partial charge >= 0.3 is 5.97 Å². The van der Waals surface area contributed by atoms with Gasteiger partial charge in [0.1, 0.15) is 0 Å². The summed E-state index contributed by atoms with van der Waals surface area (Å²) in [4.78, 5) is 11.6. The molecular weight excluding hydrogens is 202 g/mol. The van der Waals surface area contributed by atoms with Crippen molar-refractivity contribution in [2.24, 2.45) is 11.1 Å². The van der Waals surface area contributed by atoms with Gasteiger partial charge in [-0.05, 0) is 25.3 Å². The number of rotatable bonds is 5. The topological polar surface area (TPSA) is 52.3 Å². The summed E-state index contributed by atoms with van der Waals surface area (Å²) in [6.07, 6.45) is 1.55. The second-order valence-corrected chi connectivity index (χ2v) is 4.24. The van der Waals surface area contributed by atoms with Crippen LogP contribution >= 0.6 is 0 Å². The fourth-order valence-corrected chi connectivity index (χ4v) is 1.60. The van der Waals surface area contributed by atoms with Crippen molar-refractivity contribution in [3.05, 3.63) is 35.9 Å². The first kappa shape index (κ1) is 12.7. The van der Waals surface area contributed by atoms with Gasteiger partial charge in [-0.2, -0.15) is 0 Å². The van der Waals surface area contributed by atoms with Gasteiger partial charge in [0.25, 0.3) is 0 Å². The molecule has 0 aromatic heterocycles. The summed E-state index contributed by atoms with van der Waals surface area (Å²) in [7, 11) is 1.40. The Bertz CT molecular complexity index is 337. The molecule has 0 radical (unpaired) electrons. The third kappa shape index (κ3) is 3.07. The van der Waals surface area contributed by atoms with Gasteiger partial charge in [-0.1, -0.05) is 30.3 Å². The highest BCUT2D eigenvalue weighted by atomic mass is 16.5. The van der Waals surface area contributed by atoms with Crippen molar-refractivity contribution >= 4 is 5.97 Å². The fourth-order valence-electron chi connectivity index (χ4n) is 1.60. The van der Waals surface area contributed by atoms with Crippen molar-refractivity contribution in [3.8, 4) is 0 Å². The number of methoxy groups -OCH3 is 1. The molecule has 0 heterocycles. The van der Waals surface area contributed by atoms with E-state index in [9.17, 15) is 4.79 Å². The molecule has 1 aromatic rings. The van der Waals surface area contributed by atoms with E-state index in [4.69, 9.17) is 10.5 Å². The maximum absolute atomic E-state index is 11.6. The highest BCUT2D eigenvalue weighted by molar-refractivity contribution is 5.76. The Morgan fingerprint density at radius 2 is 2.00 bits per heavy atom.